The van der Waals surface area contributed by atoms with Gasteiger partial charge in [0.05, 0.1) is 20.8 Å². The summed E-state index contributed by atoms with van der Waals surface area (Å²) in [7, 11) is 0. The molecule has 0 amide bonds. The fourth-order valence-electron chi connectivity index (χ4n) is 1.91. The normalized spacial score (nSPS) is 11.4. The van der Waals surface area contributed by atoms with Crippen molar-refractivity contribution in [3.63, 3.8) is 0 Å². The largest absolute Gasteiger partial charge is 0.453 e. The number of benzene rings is 2. The van der Waals surface area contributed by atoms with Gasteiger partial charge in [0, 0.05) is 10.0 Å². The van der Waals surface area contributed by atoms with Gasteiger partial charge in [0.15, 0.2) is 11.2 Å². The Bertz CT molecular complexity index is 814. The third kappa shape index (κ3) is 2.09. The number of hydrogen-bond acceptors (Lipinski definition) is 2. The molecule has 0 aliphatic rings. The highest BCUT2D eigenvalue weighted by molar-refractivity contribution is 6.39. The molecular weight excluding hydrogens is 330 g/mol. The van der Waals surface area contributed by atoms with Crippen LogP contribution in [0.5, 0.6) is 0 Å². The number of rotatable bonds is 0. The highest BCUT2D eigenvalue weighted by Crippen LogP contribution is 2.32. The second kappa shape index (κ2) is 4.57. The minimum atomic E-state index is -0.273. The molecule has 0 spiro atoms. The summed E-state index contributed by atoms with van der Waals surface area (Å²) >= 11 is 23.8. The maximum absolute atomic E-state index is 12.4. The summed E-state index contributed by atoms with van der Waals surface area (Å²) in [5.74, 6) is 0. The van der Waals surface area contributed by atoms with Crippen molar-refractivity contribution >= 4 is 68.3 Å². The zero-order valence-corrected chi connectivity index (χ0v) is 12.2. The maximum atomic E-state index is 12.4. The Balaban J connectivity index is 2.64. The van der Waals surface area contributed by atoms with Crippen molar-refractivity contribution in [2.75, 3.05) is 0 Å². The van der Waals surface area contributed by atoms with Crippen molar-refractivity contribution in [2.24, 2.45) is 0 Å². The van der Waals surface area contributed by atoms with Gasteiger partial charge in [-0.1, -0.05) is 46.4 Å². The standard InChI is InChI=1S/C13H4Cl4O2/c14-5-1-7-11(18)8-2-6(15)4-10(17)13(8)19-12(7)9(16)3-5/h1-4H. The molecule has 0 fully saturated rings. The molecule has 3 rings (SSSR count). The quantitative estimate of drug-likeness (QED) is 0.504. The molecule has 96 valence electrons. The highest BCUT2D eigenvalue weighted by Gasteiger charge is 2.14. The van der Waals surface area contributed by atoms with Gasteiger partial charge in [-0.2, -0.15) is 0 Å². The second-order valence-electron chi connectivity index (χ2n) is 3.96. The molecule has 3 aromatic rings. The minimum absolute atomic E-state index is 0.257. The maximum Gasteiger partial charge on any atom is 0.200 e. The van der Waals surface area contributed by atoms with Crippen LogP contribution in [-0.2, 0) is 0 Å². The average Bonchev–Trinajstić information content (AvgIpc) is 2.32. The van der Waals surface area contributed by atoms with Crippen LogP contribution < -0.4 is 5.43 Å². The van der Waals surface area contributed by atoms with Crippen LogP contribution in [0.25, 0.3) is 21.9 Å². The van der Waals surface area contributed by atoms with Crippen molar-refractivity contribution in [3.8, 4) is 0 Å². The Morgan fingerprint density at radius 3 is 1.58 bits per heavy atom. The summed E-state index contributed by atoms with van der Waals surface area (Å²) in [4.78, 5) is 12.4. The molecule has 1 heterocycles. The summed E-state index contributed by atoms with van der Waals surface area (Å²) in [5.41, 5.74) is 0.241. The molecule has 0 aliphatic carbocycles. The molecule has 6 heteroatoms. The first-order valence-corrected chi connectivity index (χ1v) is 6.69. The van der Waals surface area contributed by atoms with Crippen LogP contribution >= 0.6 is 46.4 Å². The van der Waals surface area contributed by atoms with E-state index in [4.69, 9.17) is 50.8 Å². The SMILES string of the molecule is O=c1c2cc(Cl)cc(Cl)c2oc2c(Cl)cc(Cl)cc12. The van der Waals surface area contributed by atoms with E-state index < -0.39 is 0 Å². The van der Waals surface area contributed by atoms with Crippen molar-refractivity contribution in [1.29, 1.82) is 0 Å². The average molecular weight is 334 g/mol. The summed E-state index contributed by atoms with van der Waals surface area (Å²) in [6, 6.07) is 6.01. The molecule has 2 aromatic carbocycles. The lowest BCUT2D eigenvalue weighted by atomic mass is 10.1. The van der Waals surface area contributed by atoms with E-state index in [0.29, 0.717) is 20.8 Å². The molecule has 0 saturated heterocycles. The van der Waals surface area contributed by atoms with Crippen LogP contribution in [-0.4, -0.2) is 0 Å². The molecule has 0 radical (unpaired) electrons. The van der Waals surface area contributed by atoms with E-state index in [1.807, 2.05) is 0 Å². The van der Waals surface area contributed by atoms with Crippen LogP contribution in [0.3, 0.4) is 0 Å². The van der Waals surface area contributed by atoms with Gasteiger partial charge in [0.2, 0.25) is 5.43 Å². The van der Waals surface area contributed by atoms with Gasteiger partial charge in [-0.25, -0.2) is 0 Å². The predicted molar refractivity (Wildman–Crippen MR) is 80.0 cm³/mol. The predicted octanol–water partition coefficient (Wildman–Crippen LogP) is 5.56. The molecule has 0 aliphatic heterocycles. The molecular formula is C13H4Cl4O2. The van der Waals surface area contributed by atoms with Crippen molar-refractivity contribution in [1.82, 2.24) is 0 Å². The Morgan fingerprint density at radius 2 is 1.16 bits per heavy atom. The lowest BCUT2D eigenvalue weighted by molar-refractivity contribution is 0.660. The third-order valence-electron chi connectivity index (χ3n) is 2.71. The fourth-order valence-corrected chi connectivity index (χ4v) is 2.98. The Hall–Kier alpha value is -0.930. The lowest BCUT2D eigenvalue weighted by Crippen LogP contribution is -2.02. The molecule has 0 unspecified atom stereocenters. The monoisotopic (exact) mass is 332 g/mol. The number of hydrogen-bond donors (Lipinski definition) is 0. The van der Waals surface area contributed by atoms with Gasteiger partial charge in [-0.15, -0.1) is 0 Å². The lowest BCUT2D eigenvalue weighted by Gasteiger charge is -2.05. The summed E-state index contributed by atoms with van der Waals surface area (Å²) in [5, 5.41) is 1.82. The van der Waals surface area contributed by atoms with Gasteiger partial charge >= 0.3 is 0 Å². The second-order valence-corrected chi connectivity index (χ2v) is 5.65. The van der Waals surface area contributed by atoms with E-state index >= 15 is 0 Å². The number of halogens is 4. The molecule has 2 nitrogen and oxygen atoms in total. The van der Waals surface area contributed by atoms with E-state index in [9.17, 15) is 4.79 Å². The first-order valence-electron chi connectivity index (χ1n) is 5.18. The zero-order chi connectivity index (χ0) is 13.7. The van der Waals surface area contributed by atoms with Crippen LogP contribution in [0.2, 0.25) is 20.1 Å². The van der Waals surface area contributed by atoms with Crippen LogP contribution in [0.15, 0.2) is 33.5 Å². The minimum Gasteiger partial charge on any atom is -0.453 e. The molecule has 19 heavy (non-hydrogen) atoms. The third-order valence-corrected chi connectivity index (χ3v) is 3.71. The van der Waals surface area contributed by atoms with Crippen molar-refractivity contribution < 1.29 is 4.42 Å². The Morgan fingerprint density at radius 1 is 0.737 bits per heavy atom. The number of fused-ring (bicyclic) bond motifs is 2. The van der Waals surface area contributed by atoms with E-state index in [1.54, 1.807) is 0 Å². The van der Waals surface area contributed by atoms with Gasteiger partial charge in [-0.05, 0) is 24.3 Å². The van der Waals surface area contributed by atoms with Gasteiger partial charge in [-0.3, -0.25) is 4.79 Å². The summed E-state index contributed by atoms with van der Waals surface area (Å²) < 4.78 is 5.62. The van der Waals surface area contributed by atoms with Gasteiger partial charge in [0.25, 0.3) is 0 Å². The van der Waals surface area contributed by atoms with Gasteiger partial charge < -0.3 is 4.42 Å². The van der Waals surface area contributed by atoms with Gasteiger partial charge in [0.1, 0.15) is 0 Å². The molecule has 0 saturated carbocycles. The van der Waals surface area contributed by atoms with Crippen molar-refractivity contribution in [2.45, 2.75) is 0 Å². The van der Waals surface area contributed by atoms with E-state index in [1.165, 1.54) is 24.3 Å². The van der Waals surface area contributed by atoms with Crippen LogP contribution in [0.1, 0.15) is 0 Å². The van der Waals surface area contributed by atoms with E-state index in [-0.39, 0.29) is 26.6 Å². The Kier molecular flexibility index (Phi) is 3.14. The zero-order valence-electron chi connectivity index (χ0n) is 9.14. The summed E-state index contributed by atoms with van der Waals surface area (Å²) in [6.45, 7) is 0. The molecule has 0 bridgehead atoms. The van der Waals surface area contributed by atoms with Crippen LogP contribution in [0.4, 0.5) is 0 Å². The Labute approximate surface area is 127 Å². The molecule has 0 atom stereocenters. The van der Waals surface area contributed by atoms with E-state index in [0.717, 1.165) is 0 Å². The molecule has 0 N–H and O–H groups in total. The molecule has 1 aromatic heterocycles. The fraction of sp³-hybridized carbons (Fsp3) is 0. The first-order chi connectivity index (χ1) is 8.97. The topological polar surface area (TPSA) is 30.2 Å². The van der Waals surface area contributed by atoms with E-state index in [2.05, 4.69) is 0 Å². The first kappa shape index (κ1) is 13.1. The smallest absolute Gasteiger partial charge is 0.200 e. The summed E-state index contributed by atoms with van der Waals surface area (Å²) in [6.07, 6.45) is 0. The van der Waals surface area contributed by atoms with Crippen LogP contribution in [0, 0.1) is 0 Å². The highest BCUT2D eigenvalue weighted by atomic mass is 35.5. The van der Waals surface area contributed by atoms with Crippen molar-refractivity contribution in [3.05, 3.63) is 54.6 Å².